The Labute approximate surface area is 187 Å². The maximum atomic E-state index is 11.6. The van der Waals surface area contributed by atoms with Crippen LogP contribution in [-0.2, 0) is 0 Å². The first-order chi connectivity index (χ1) is 15.6. The number of aromatic amines is 1. The van der Waals surface area contributed by atoms with Crippen molar-refractivity contribution in [3.8, 4) is 17.5 Å². The number of nitriles is 1. The average Bonchev–Trinajstić information content (AvgIpc) is 3.45. The Morgan fingerprint density at radius 3 is 2.97 bits per heavy atom. The maximum Gasteiger partial charge on any atom is 0.230 e. The quantitative estimate of drug-likeness (QED) is 0.286. The molecule has 0 saturated heterocycles. The highest BCUT2D eigenvalue weighted by Gasteiger charge is 2.31. The van der Waals surface area contributed by atoms with Crippen molar-refractivity contribution in [3.63, 3.8) is 0 Å². The van der Waals surface area contributed by atoms with Gasteiger partial charge in [0.05, 0.1) is 22.9 Å². The van der Waals surface area contributed by atoms with Crippen LogP contribution >= 0.6 is 11.9 Å². The lowest BCUT2D eigenvalue weighted by atomic mass is 9.87. The maximum absolute atomic E-state index is 11.6. The van der Waals surface area contributed by atoms with Crippen LogP contribution < -0.4 is 10.0 Å². The molecule has 0 radical (unpaired) electrons. The lowest BCUT2D eigenvalue weighted by Crippen LogP contribution is -2.45. The second-order valence-corrected chi connectivity index (χ2v) is 8.46. The molecule has 1 aliphatic rings. The number of ketones is 1. The summed E-state index contributed by atoms with van der Waals surface area (Å²) in [5, 5.41) is 14.3. The van der Waals surface area contributed by atoms with E-state index in [0.717, 1.165) is 34.6 Å². The van der Waals surface area contributed by atoms with E-state index < -0.39 is 0 Å². The molecule has 0 aromatic carbocycles. The molecular weight excluding hydrogens is 426 g/mol. The van der Waals surface area contributed by atoms with E-state index >= 15 is 0 Å². The summed E-state index contributed by atoms with van der Waals surface area (Å²) in [4.78, 5) is 27.8. The molecule has 1 aliphatic carbocycles. The van der Waals surface area contributed by atoms with E-state index in [1.165, 1.54) is 25.1 Å². The zero-order valence-electron chi connectivity index (χ0n) is 17.1. The molecule has 4 heterocycles. The highest BCUT2D eigenvalue weighted by molar-refractivity contribution is 7.97. The van der Waals surface area contributed by atoms with Crippen molar-refractivity contribution in [1.82, 2.24) is 24.7 Å². The fourth-order valence-corrected chi connectivity index (χ4v) is 4.38. The molecule has 9 nitrogen and oxygen atoms in total. The van der Waals surface area contributed by atoms with Gasteiger partial charge in [-0.25, -0.2) is 15.0 Å². The first-order valence-electron chi connectivity index (χ1n) is 10.1. The SMILES string of the molecule is CC(=O)c1coc(-c2cnc3[nH]ccc3c2N[C@H]2C[C@@H](NSc3cc(C#N)ccn3)C2)n1. The zero-order valence-corrected chi connectivity index (χ0v) is 17.9. The minimum absolute atomic E-state index is 0.148. The van der Waals surface area contributed by atoms with Crippen LogP contribution in [0.15, 0.2) is 52.5 Å². The fraction of sp³-hybridized carbons (Fsp3) is 0.227. The molecule has 5 rings (SSSR count). The van der Waals surface area contributed by atoms with Crippen molar-refractivity contribution in [2.75, 3.05) is 5.32 Å². The van der Waals surface area contributed by atoms with Crippen molar-refractivity contribution in [1.29, 1.82) is 5.26 Å². The Hall–Kier alpha value is -3.68. The van der Waals surface area contributed by atoms with Gasteiger partial charge >= 0.3 is 0 Å². The van der Waals surface area contributed by atoms with Gasteiger partial charge in [-0.1, -0.05) is 0 Å². The summed E-state index contributed by atoms with van der Waals surface area (Å²) in [6, 6.07) is 8.12. The number of carbonyl (C=O) groups excluding carboxylic acids is 1. The molecule has 0 aliphatic heterocycles. The molecule has 0 spiro atoms. The Bertz CT molecular complexity index is 1330. The molecule has 1 fully saturated rings. The number of Topliss-reactive ketones (excluding diaryl/α,β-unsaturated/α-hetero) is 1. The number of hydrogen-bond donors (Lipinski definition) is 3. The Morgan fingerprint density at radius 2 is 2.19 bits per heavy atom. The Balaban J connectivity index is 1.29. The van der Waals surface area contributed by atoms with Gasteiger partial charge < -0.3 is 14.7 Å². The summed E-state index contributed by atoms with van der Waals surface area (Å²) in [6.07, 6.45) is 8.40. The summed E-state index contributed by atoms with van der Waals surface area (Å²) in [7, 11) is 0. The van der Waals surface area contributed by atoms with Gasteiger partial charge in [0, 0.05) is 43.0 Å². The monoisotopic (exact) mass is 445 g/mol. The minimum atomic E-state index is -0.148. The molecule has 0 unspecified atom stereocenters. The highest BCUT2D eigenvalue weighted by atomic mass is 32.2. The van der Waals surface area contributed by atoms with Gasteiger partial charge in [-0.3, -0.25) is 9.52 Å². The first kappa shape index (κ1) is 20.2. The predicted octanol–water partition coefficient (Wildman–Crippen LogP) is 3.93. The molecule has 4 aromatic rings. The first-order valence-corrected chi connectivity index (χ1v) is 10.9. The van der Waals surface area contributed by atoms with Gasteiger partial charge in [0.2, 0.25) is 5.89 Å². The van der Waals surface area contributed by atoms with Gasteiger partial charge in [0.1, 0.15) is 22.6 Å². The van der Waals surface area contributed by atoms with Crippen LogP contribution in [0.3, 0.4) is 0 Å². The van der Waals surface area contributed by atoms with Gasteiger partial charge in [0.15, 0.2) is 5.78 Å². The van der Waals surface area contributed by atoms with Gasteiger partial charge in [0.25, 0.3) is 0 Å². The van der Waals surface area contributed by atoms with Gasteiger partial charge in [-0.15, -0.1) is 0 Å². The van der Waals surface area contributed by atoms with E-state index in [-0.39, 0.29) is 11.8 Å². The van der Waals surface area contributed by atoms with Crippen LogP contribution in [-0.4, -0.2) is 37.8 Å². The van der Waals surface area contributed by atoms with Gasteiger partial charge in [-0.2, -0.15) is 5.26 Å². The second kappa shape index (κ2) is 8.45. The summed E-state index contributed by atoms with van der Waals surface area (Å²) in [6.45, 7) is 1.46. The topological polar surface area (TPSA) is 133 Å². The van der Waals surface area contributed by atoms with Crippen molar-refractivity contribution in [2.24, 2.45) is 0 Å². The van der Waals surface area contributed by atoms with Crippen molar-refractivity contribution < 1.29 is 9.21 Å². The molecule has 32 heavy (non-hydrogen) atoms. The standard InChI is InChI=1S/C22H19N7O2S/c1-12(30)18-11-31-22(28-18)17-10-26-21-16(3-5-25-21)20(17)27-14-7-15(8-14)29-32-19-6-13(9-23)2-4-24-19/h2-6,10-11,14-15,29H,7-8H2,1H3,(H2,25,26,27)/t14-,15+. The third kappa shape index (κ3) is 3.95. The Morgan fingerprint density at radius 1 is 1.31 bits per heavy atom. The number of fused-ring (bicyclic) bond motifs is 1. The summed E-state index contributed by atoms with van der Waals surface area (Å²) in [5.41, 5.74) is 3.25. The Kier molecular flexibility index (Phi) is 5.34. The predicted molar refractivity (Wildman–Crippen MR) is 120 cm³/mol. The van der Waals surface area contributed by atoms with Crippen LogP contribution in [0.5, 0.6) is 0 Å². The number of nitrogens with one attached hydrogen (secondary N) is 3. The fourth-order valence-electron chi connectivity index (χ4n) is 3.60. The van der Waals surface area contributed by atoms with Crippen molar-refractivity contribution in [2.45, 2.75) is 36.9 Å². The molecule has 0 bridgehead atoms. The molecule has 0 atom stereocenters. The van der Waals surface area contributed by atoms with E-state index in [9.17, 15) is 4.79 Å². The molecule has 3 N–H and O–H groups in total. The molecule has 4 aromatic heterocycles. The smallest absolute Gasteiger partial charge is 0.230 e. The summed E-state index contributed by atoms with van der Waals surface area (Å²) in [5.74, 6) is 0.215. The van der Waals surface area contributed by atoms with E-state index in [2.05, 4.69) is 36.0 Å². The van der Waals surface area contributed by atoms with Gasteiger partial charge in [-0.05, 0) is 43.0 Å². The average molecular weight is 446 g/mol. The number of rotatable bonds is 7. The third-order valence-corrected chi connectivity index (χ3v) is 6.25. The van der Waals surface area contributed by atoms with Crippen LogP contribution in [0, 0.1) is 11.3 Å². The van der Waals surface area contributed by atoms with E-state index in [1.54, 1.807) is 24.5 Å². The van der Waals surface area contributed by atoms with E-state index in [4.69, 9.17) is 9.68 Å². The highest BCUT2D eigenvalue weighted by Crippen LogP contribution is 2.36. The number of oxazole rings is 1. The van der Waals surface area contributed by atoms with E-state index in [1.807, 2.05) is 12.3 Å². The number of aromatic nitrogens is 4. The summed E-state index contributed by atoms with van der Waals surface area (Å²) >= 11 is 1.44. The lowest BCUT2D eigenvalue weighted by molar-refractivity contribution is 0.101. The lowest BCUT2D eigenvalue weighted by Gasteiger charge is -2.37. The molecule has 1 saturated carbocycles. The number of anilines is 1. The third-order valence-electron chi connectivity index (χ3n) is 5.36. The van der Waals surface area contributed by atoms with Crippen molar-refractivity contribution >= 4 is 34.5 Å². The van der Waals surface area contributed by atoms with Crippen LogP contribution in [0.1, 0.15) is 35.8 Å². The van der Waals surface area contributed by atoms with Crippen LogP contribution in [0.25, 0.3) is 22.5 Å². The molecule has 0 amide bonds. The summed E-state index contributed by atoms with van der Waals surface area (Å²) < 4.78 is 8.99. The number of nitrogens with zero attached hydrogens (tertiary/aromatic N) is 4. The van der Waals surface area contributed by atoms with Crippen molar-refractivity contribution in [3.05, 3.63) is 54.3 Å². The zero-order chi connectivity index (χ0) is 22.1. The van der Waals surface area contributed by atoms with E-state index in [0.29, 0.717) is 28.8 Å². The second-order valence-electron chi connectivity index (χ2n) is 7.60. The molecule has 10 heteroatoms. The number of carbonyl (C=O) groups is 1. The normalized spacial score (nSPS) is 17.6. The minimum Gasteiger partial charge on any atom is -0.444 e. The number of hydrogen-bond acceptors (Lipinski definition) is 9. The number of H-pyrrole nitrogens is 1. The molecular formula is C22H19N7O2S. The van der Waals surface area contributed by atoms with Crippen LogP contribution in [0.2, 0.25) is 0 Å². The van der Waals surface area contributed by atoms with Crippen LogP contribution in [0.4, 0.5) is 5.69 Å². The number of pyridine rings is 2. The molecule has 160 valence electrons. The largest absolute Gasteiger partial charge is 0.444 e.